The molecular weight excluding hydrogens is 579 g/mol. The van der Waals surface area contributed by atoms with Gasteiger partial charge in [0.25, 0.3) is 5.91 Å². The third-order valence-corrected chi connectivity index (χ3v) is 10.00. The average molecular weight is 597 g/mol. The van der Waals surface area contributed by atoms with Crippen molar-refractivity contribution in [2.75, 3.05) is 30.2 Å². The molecule has 2 aliphatic heterocycles. The summed E-state index contributed by atoms with van der Waals surface area (Å²) < 4.78 is 15.6. The Kier molecular flexibility index (Phi) is 7.83. The molecule has 4 rings (SSSR count). The zero-order valence-corrected chi connectivity index (χ0v) is 22.2. The molecule has 36 heavy (non-hydrogen) atoms. The molecule has 0 spiro atoms. The molecule has 2 aliphatic rings. The van der Waals surface area contributed by atoms with Crippen molar-refractivity contribution in [3.8, 4) is 0 Å². The van der Waals surface area contributed by atoms with Crippen LogP contribution in [0.5, 0.6) is 0 Å². The van der Waals surface area contributed by atoms with Crippen LogP contribution in [0.15, 0.2) is 15.0 Å². The van der Waals surface area contributed by atoms with Crippen LogP contribution in [-0.2, 0) is 23.8 Å². The van der Waals surface area contributed by atoms with Crippen LogP contribution in [0.1, 0.15) is 5.82 Å². The van der Waals surface area contributed by atoms with Crippen LogP contribution in [0, 0.1) is 5.41 Å². The number of anilines is 1. The third kappa shape index (κ3) is 5.63. The Balaban J connectivity index is 1.42. The number of nitrogens with zero attached hydrogens (tertiary/aromatic N) is 6. The Hall–Kier alpha value is -2.35. The highest BCUT2D eigenvalue weighted by Gasteiger charge is 2.57. The summed E-state index contributed by atoms with van der Waals surface area (Å²) in [5.41, 5.74) is -0.0596. The van der Waals surface area contributed by atoms with E-state index in [9.17, 15) is 24.1 Å². The van der Waals surface area contributed by atoms with Gasteiger partial charge < -0.3 is 29.9 Å². The second-order valence-electron chi connectivity index (χ2n) is 7.40. The minimum atomic E-state index is -4.64. The zero-order valence-electron chi connectivity index (χ0n) is 18.0. The van der Waals surface area contributed by atoms with E-state index >= 15 is 0 Å². The second-order valence-corrected chi connectivity index (χ2v) is 12.6. The quantitative estimate of drug-likeness (QED) is 0.0766. The van der Waals surface area contributed by atoms with E-state index in [1.165, 1.54) is 46.9 Å². The summed E-state index contributed by atoms with van der Waals surface area (Å²) in [6.45, 7) is -0.0267. The van der Waals surface area contributed by atoms with Crippen molar-refractivity contribution in [3.05, 3.63) is 11.3 Å². The molecule has 0 radical (unpaired) electrons. The van der Waals surface area contributed by atoms with Crippen LogP contribution in [0.25, 0.3) is 0 Å². The van der Waals surface area contributed by atoms with Crippen molar-refractivity contribution in [2.45, 2.75) is 15.8 Å². The summed E-state index contributed by atoms with van der Waals surface area (Å²) in [6.07, 6.45) is 0. The van der Waals surface area contributed by atoms with Gasteiger partial charge in [0, 0.05) is 29.6 Å². The maximum absolute atomic E-state index is 12.9. The molecule has 2 unspecified atom stereocenters. The maximum atomic E-state index is 12.9. The largest absolute Gasteiger partial charge is 0.481 e. The first-order valence-electron chi connectivity index (χ1n) is 9.67. The van der Waals surface area contributed by atoms with Gasteiger partial charge in [0.1, 0.15) is 29.5 Å². The van der Waals surface area contributed by atoms with Gasteiger partial charge in [0.15, 0.2) is 4.34 Å². The molecule has 4 heterocycles. The lowest BCUT2D eigenvalue weighted by Gasteiger charge is -2.53. The third-order valence-electron chi connectivity index (χ3n) is 4.97. The van der Waals surface area contributed by atoms with E-state index in [1.807, 2.05) is 5.09 Å². The molecule has 2 amide bonds. The number of aromatic nitrogens is 4. The summed E-state index contributed by atoms with van der Waals surface area (Å²) >= 11 is 4.38. The first kappa shape index (κ1) is 26.7. The number of carbonyl (C=O) groups excluding carboxylic acids is 2. The molecule has 2 fully saturated rings. The molecular formula is C15H17N8O8PS4. The molecule has 2 aromatic rings. The summed E-state index contributed by atoms with van der Waals surface area (Å²) in [5, 5.41) is 24.8. The minimum absolute atomic E-state index is 0.0267. The lowest BCUT2D eigenvalue weighted by atomic mass is 9.89. The van der Waals surface area contributed by atoms with Gasteiger partial charge in [-0.2, -0.15) is 9.36 Å². The fourth-order valence-corrected chi connectivity index (χ4v) is 7.90. The van der Waals surface area contributed by atoms with Gasteiger partial charge in [-0.3, -0.25) is 19.5 Å². The summed E-state index contributed by atoms with van der Waals surface area (Å²) in [5.74, 6) is -2.21. The topological polar surface area (TPSA) is 229 Å². The summed E-state index contributed by atoms with van der Waals surface area (Å²) in [7, 11) is -3.47. The summed E-state index contributed by atoms with van der Waals surface area (Å²) in [6, 6.07) is -0.946. The number of rotatable bonds is 10. The van der Waals surface area contributed by atoms with Crippen LogP contribution in [-0.4, -0.2) is 99.4 Å². The highest BCUT2D eigenvalue weighted by molar-refractivity contribution is 8.01. The lowest BCUT2D eigenvalue weighted by molar-refractivity contribution is -0.157. The Morgan fingerprint density at radius 3 is 2.86 bits per heavy atom. The number of carboxylic acids is 1. The Bertz CT molecular complexity index is 1240. The van der Waals surface area contributed by atoms with E-state index in [-0.39, 0.29) is 29.0 Å². The number of carbonyl (C=O) groups is 3. The van der Waals surface area contributed by atoms with Crippen LogP contribution >= 0.6 is 54.1 Å². The predicted octanol–water partition coefficient (Wildman–Crippen LogP) is -0.492. The zero-order chi connectivity index (χ0) is 26.1. The van der Waals surface area contributed by atoms with Gasteiger partial charge in [-0.15, -0.1) is 22.0 Å². The average Bonchev–Trinajstić information content (AvgIpc) is 3.50. The predicted molar refractivity (Wildman–Crippen MR) is 130 cm³/mol. The van der Waals surface area contributed by atoms with Crippen molar-refractivity contribution in [1.29, 1.82) is 0 Å². The minimum Gasteiger partial charge on any atom is -0.481 e. The molecule has 5 N–H and O–H groups in total. The number of hydrogen-bond acceptors (Lipinski definition) is 14. The van der Waals surface area contributed by atoms with Gasteiger partial charge in [-0.1, -0.05) is 28.3 Å². The van der Waals surface area contributed by atoms with Gasteiger partial charge in [-0.05, 0) is 0 Å². The number of fused-ring (bicyclic) bond motifs is 1. The first-order valence-corrected chi connectivity index (χ1v) is 15.0. The number of hydrogen-bond donors (Lipinski definition) is 5. The van der Waals surface area contributed by atoms with Gasteiger partial charge >= 0.3 is 13.7 Å². The van der Waals surface area contributed by atoms with Crippen LogP contribution < -0.4 is 10.4 Å². The number of nitrogens with one attached hydrogen (secondary N) is 2. The molecule has 194 valence electrons. The first-order chi connectivity index (χ1) is 17.0. The van der Waals surface area contributed by atoms with E-state index in [0.29, 0.717) is 15.9 Å². The van der Waals surface area contributed by atoms with Crippen molar-refractivity contribution in [2.24, 2.45) is 10.6 Å². The molecule has 0 aliphatic carbocycles. The number of carboxylic acid groups (broad SMARTS) is 1. The van der Waals surface area contributed by atoms with Gasteiger partial charge in [0.05, 0.1) is 0 Å². The molecule has 21 heteroatoms. The number of β-lactam (4-membered cyclic amide) rings is 1. The van der Waals surface area contributed by atoms with Crippen molar-refractivity contribution in [1.82, 2.24) is 29.8 Å². The van der Waals surface area contributed by atoms with Crippen LogP contribution in [0.3, 0.4) is 0 Å². The molecule has 2 saturated heterocycles. The van der Waals surface area contributed by atoms with E-state index in [4.69, 9.17) is 9.79 Å². The van der Waals surface area contributed by atoms with E-state index in [1.54, 1.807) is 5.51 Å². The van der Waals surface area contributed by atoms with Gasteiger partial charge in [0.2, 0.25) is 22.6 Å². The smallest absolute Gasteiger partial charge is 0.429 e. The Labute approximate surface area is 218 Å². The highest BCUT2D eigenvalue weighted by Crippen LogP contribution is 2.44. The normalized spacial score (nSPS) is 24.0. The van der Waals surface area contributed by atoms with Crippen LogP contribution in [0.2, 0.25) is 0 Å². The highest BCUT2D eigenvalue weighted by atomic mass is 32.2. The summed E-state index contributed by atoms with van der Waals surface area (Å²) in [4.78, 5) is 65.7. The van der Waals surface area contributed by atoms with Crippen LogP contribution in [0.4, 0.5) is 5.13 Å². The molecule has 3 atom stereocenters. The molecule has 0 saturated carbocycles. The van der Waals surface area contributed by atoms with E-state index in [0.717, 1.165) is 0 Å². The van der Waals surface area contributed by atoms with Crippen molar-refractivity contribution in [3.63, 3.8) is 0 Å². The van der Waals surface area contributed by atoms with Crippen molar-refractivity contribution < 1.29 is 38.7 Å². The molecule has 0 bridgehead atoms. The molecule has 16 nitrogen and oxygen atoms in total. The molecule has 0 aromatic carbocycles. The van der Waals surface area contributed by atoms with Gasteiger partial charge in [-0.25, -0.2) is 4.57 Å². The van der Waals surface area contributed by atoms with Crippen molar-refractivity contribution >= 4 is 82.8 Å². The standard InChI is InChI=1S/C15H17N8O8PS4/c1-31-20-6(8-18-13(36-22-8)21-32(28,29)30)9(24)17-7-10(25)23-2-15(12(26)27,3-33-11(7)23)4-34-14-19-16-5-35-14/h5,7,11H,2-4H2,1H3,(H,17,24)(H,26,27)(H3,18,21,22,28,29,30)/t7?,11-,15?/m1/s1. The Morgan fingerprint density at radius 2 is 2.22 bits per heavy atom. The number of thioether (sulfide) groups is 2. The Morgan fingerprint density at radius 1 is 1.44 bits per heavy atom. The molecule has 2 aromatic heterocycles. The maximum Gasteiger partial charge on any atom is 0.429 e. The van der Waals surface area contributed by atoms with E-state index in [2.05, 4.69) is 34.9 Å². The second kappa shape index (κ2) is 10.6. The van der Waals surface area contributed by atoms with E-state index < -0.39 is 48.1 Å². The number of amides is 2. The number of aliphatic carboxylic acids is 1. The lowest BCUT2D eigenvalue weighted by Crippen LogP contribution is -2.74. The number of oxime groups is 1. The fourth-order valence-electron chi connectivity index (χ4n) is 3.31. The monoisotopic (exact) mass is 596 g/mol. The fraction of sp³-hybridized carbons (Fsp3) is 0.467. The SMILES string of the molecule is CON=C(C(=O)NC1C(=O)N2CC(CSc3nncs3)(C(=O)O)CS[C@H]12)c1nsc(NP(=O)(O)O)n1.